The molecule has 1 aromatic rings. The van der Waals surface area contributed by atoms with Gasteiger partial charge in [-0.1, -0.05) is 0 Å². The smallest absolute Gasteiger partial charge is 0.384 e. The van der Waals surface area contributed by atoms with Crippen LogP contribution in [-0.4, -0.2) is 64.4 Å². The van der Waals surface area contributed by atoms with E-state index in [0.717, 1.165) is 12.5 Å². The predicted molar refractivity (Wildman–Crippen MR) is 99.2 cm³/mol. The summed E-state index contributed by atoms with van der Waals surface area (Å²) < 4.78 is 50.5. The van der Waals surface area contributed by atoms with Crippen LogP contribution in [0.5, 0.6) is 0 Å². The van der Waals surface area contributed by atoms with E-state index in [1.807, 2.05) is 4.90 Å². The van der Waals surface area contributed by atoms with Gasteiger partial charge in [-0.25, -0.2) is 0 Å². The number of benzene rings is 1. The number of amides is 1. The summed E-state index contributed by atoms with van der Waals surface area (Å²) in [5, 5.41) is 9.01. The summed E-state index contributed by atoms with van der Waals surface area (Å²) in [6.45, 7) is 2.54. The lowest BCUT2D eigenvalue weighted by Crippen LogP contribution is -2.53. The monoisotopic (exact) mass is 411 g/mol. The lowest BCUT2D eigenvalue weighted by molar-refractivity contribution is -0.140. The van der Waals surface area contributed by atoms with Crippen LogP contribution in [0.15, 0.2) is 18.2 Å². The largest absolute Gasteiger partial charge is 0.417 e. The number of hydrogen-bond donors (Lipinski definition) is 0. The molecule has 0 unspecified atom stereocenters. The van der Waals surface area contributed by atoms with E-state index < -0.39 is 11.7 Å². The van der Waals surface area contributed by atoms with Gasteiger partial charge in [0.15, 0.2) is 0 Å². The van der Waals surface area contributed by atoms with E-state index in [4.69, 9.17) is 14.7 Å². The van der Waals surface area contributed by atoms with E-state index >= 15 is 0 Å². The van der Waals surface area contributed by atoms with Crippen molar-refractivity contribution in [2.75, 3.05) is 58.5 Å². The number of hydrogen-bond acceptors (Lipinski definition) is 5. The molecule has 2 fully saturated rings. The quantitative estimate of drug-likeness (QED) is 0.745. The number of alkyl halides is 3. The third-order valence-electron chi connectivity index (χ3n) is 5.91. The highest BCUT2D eigenvalue weighted by Crippen LogP contribution is 2.45. The molecular weight excluding hydrogens is 387 g/mol. The number of nitriles is 1. The molecule has 2 saturated heterocycles. The Labute approximate surface area is 167 Å². The molecule has 0 saturated carbocycles. The summed E-state index contributed by atoms with van der Waals surface area (Å²) in [4.78, 5) is 16.0. The van der Waals surface area contributed by atoms with Gasteiger partial charge in [0.25, 0.3) is 0 Å². The summed E-state index contributed by atoms with van der Waals surface area (Å²) in [5.41, 5.74) is -1.25. The number of carbonyl (C=O) groups is 1. The van der Waals surface area contributed by atoms with Crippen LogP contribution in [-0.2, 0) is 20.4 Å². The number of fused-ring (bicyclic) bond motifs is 1. The number of halogens is 3. The fraction of sp³-hybridized carbons (Fsp3) is 0.600. The molecule has 0 aliphatic carbocycles. The third kappa shape index (κ3) is 4.19. The summed E-state index contributed by atoms with van der Waals surface area (Å²) in [6.07, 6.45) is -3.85. The highest BCUT2D eigenvalue weighted by atomic mass is 19.4. The Balaban J connectivity index is 1.88. The van der Waals surface area contributed by atoms with Crippen LogP contribution in [0, 0.1) is 22.7 Å². The van der Waals surface area contributed by atoms with Gasteiger partial charge in [0.1, 0.15) is 6.61 Å². The second-order valence-electron chi connectivity index (χ2n) is 7.75. The number of anilines is 1. The van der Waals surface area contributed by atoms with E-state index in [0.29, 0.717) is 38.5 Å². The zero-order valence-electron chi connectivity index (χ0n) is 16.5. The van der Waals surface area contributed by atoms with Crippen LogP contribution in [0.4, 0.5) is 18.9 Å². The Kier molecular flexibility index (Phi) is 6.05. The predicted octanol–water partition coefficient (Wildman–Crippen LogP) is 2.52. The lowest BCUT2D eigenvalue weighted by atomic mass is 9.74. The van der Waals surface area contributed by atoms with Gasteiger partial charge in [-0.15, -0.1) is 0 Å². The average Bonchev–Trinajstić information content (AvgIpc) is 3.05. The summed E-state index contributed by atoms with van der Waals surface area (Å²) in [5.74, 6) is 0.0941. The van der Waals surface area contributed by atoms with Gasteiger partial charge in [-0.05, 0) is 30.5 Å². The first kappa shape index (κ1) is 21.4. The first-order chi connectivity index (χ1) is 13.7. The molecule has 2 aliphatic heterocycles. The normalized spacial score (nSPS) is 24.3. The fourth-order valence-electron chi connectivity index (χ4n) is 4.56. The van der Waals surface area contributed by atoms with Crippen LogP contribution >= 0.6 is 0 Å². The zero-order valence-corrected chi connectivity index (χ0v) is 16.5. The molecule has 158 valence electrons. The number of ether oxygens (including phenoxy) is 2. The van der Waals surface area contributed by atoms with E-state index in [9.17, 15) is 18.0 Å². The Hall–Kier alpha value is -2.31. The standard InChI is InChI=1S/C20H24F3N3O3/c1-28-10-18(27)25-6-5-15-9-26(12-19(15,11-25)13-29-2)16-4-3-14(8-24)17(7-16)20(21,22)23/h3-4,7,15H,5-6,9-13H2,1-2H3/t15-,19+/m1/s1. The summed E-state index contributed by atoms with van der Waals surface area (Å²) >= 11 is 0. The maximum Gasteiger partial charge on any atom is 0.417 e. The highest BCUT2D eigenvalue weighted by Gasteiger charge is 2.51. The van der Waals surface area contributed by atoms with Gasteiger partial charge in [0.2, 0.25) is 5.91 Å². The van der Waals surface area contributed by atoms with Crippen LogP contribution in [0.3, 0.4) is 0 Å². The van der Waals surface area contributed by atoms with E-state index in [1.165, 1.54) is 13.2 Å². The Bertz CT molecular complexity index is 808. The summed E-state index contributed by atoms with van der Waals surface area (Å²) in [6, 6.07) is 5.43. The van der Waals surface area contributed by atoms with Crippen molar-refractivity contribution in [1.82, 2.24) is 4.90 Å². The van der Waals surface area contributed by atoms with Gasteiger partial charge >= 0.3 is 6.18 Å². The Morgan fingerprint density at radius 2 is 2.07 bits per heavy atom. The minimum absolute atomic E-state index is 0.00199. The van der Waals surface area contributed by atoms with Crippen LogP contribution in [0.25, 0.3) is 0 Å². The molecule has 1 aromatic carbocycles. The lowest BCUT2D eigenvalue weighted by Gasteiger charge is -2.43. The van der Waals surface area contributed by atoms with Gasteiger partial charge in [0, 0.05) is 51.5 Å². The van der Waals surface area contributed by atoms with Crippen molar-refractivity contribution in [3.63, 3.8) is 0 Å². The minimum Gasteiger partial charge on any atom is -0.384 e. The van der Waals surface area contributed by atoms with E-state index in [1.54, 1.807) is 24.1 Å². The molecule has 3 rings (SSSR count). The second-order valence-corrected chi connectivity index (χ2v) is 7.75. The van der Waals surface area contributed by atoms with Crippen molar-refractivity contribution in [3.05, 3.63) is 29.3 Å². The molecule has 6 nitrogen and oxygen atoms in total. The topological polar surface area (TPSA) is 65.8 Å². The first-order valence-corrected chi connectivity index (χ1v) is 9.36. The molecule has 0 N–H and O–H groups in total. The molecule has 0 spiro atoms. The molecular formula is C20H24F3N3O3. The molecule has 2 heterocycles. The van der Waals surface area contributed by atoms with Crippen molar-refractivity contribution < 1.29 is 27.4 Å². The molecule has 1 amide bonds. The number of likely N-dealkylation sites (tertiary alicyclic amines) is 1. The SMILES string of the molecule is COCC(=O)N1CC[C@@H]2CN(c3ccc(C#N)c(C(F)(F)F)c3)C[C@]2(COC)C1. The number of rotatable bonds is 5. The molecule has 2 aliphatic rings. The van der Waals surface area contributed by atoms with E-state index in [-0.39, 0.29) is 29.4 Å². The first-order valence-electron chi connectivity index (χ1n) is 9.36. The molecule has 29 heavy (non-hydrogen) atoms. The average molecular weight is 411 g/mol. The van der Waals surface area contributed by atoms with Crippen molar-refractivity contribution >= 4 is 11.6 Å². The van der Waals surface area contributed by atoms with Crippen LogP contribution in [0.1, 0.15) is 17.5 Å². The van der Waals surface area contributed by atoms with Gasteiger partial charge in [-0.2, -0.15) is 18.4 Å². The van der Waals surface area contributed by atoms with E-state index in [2.05, 4.69) is 0 Å². The number of piperidine rings is 1. The zero-order chi connectivity index (χ0) is 21.2. The number of methoxy groups -OCH3 is 2. The molecule has 0 radical (unpaired) electrons. The van der Waals surface area contributed by atoms with Gasteiger partial charge < -0.3 is 19.3 Å². The van der Waals surface area contributed by atoms with Gasteiger partial charge in [0.05, 0.1) is 23.8 Å². The second kappa shape index (κ2) is 8.20. The third-order valence-corrected chi connectivity index (χ3v) is 5.91. The van der Waals surface area contributed by atoms with Crippen molar-refractivity contribution in [1.29, 1.82) is 5.26 Å². The van der Waals surface area contributed by atoms with Crippen LogP contribution < -0.4 is 4.90 Å². The van der Waals surface area contributed by atoms with Crippen molar-refractivity contribution in [2.45, 2.75) is 12.6 Å². The Morgan fingerprint density at radius 1 is 1.31 bits per heavy atom. The molecule has 0 aromatic heterocycles. The molecule has 9 heteroatoms. The number of nitrogens with zero attached hydrogens (tertiary/aromatic N) is 3. The number of carbonyl (C=O) groups excluding carboxylic acids is 1. The highest BCUT2D eigenvalue weighted by molar-refractivity contribution is 5.77. The van der Waals surface area contributed by atoms with Crippen molar-refractivity contribution in [2.24, 2.45) is 11.3 Å². The van der Waals surface area contributed by atoms with Crippen LogP contribution in [0.2, 0.25) is 0 Å². The Morgan fingerprint density at radius 3 is 2.69 bits per heavy atom. The fourth-order valence-corrected chi connectivity index (χ4v) is 4.56. The maximum absolute atomic E-state index is 13.4. The summed E-state index contributed by atoms with van der Waals surface area (Å²) in [7, 11) is 3.06. The molecule has 2 atom stereocenters. The van der Waals surface area contributed by atoms with Crippen molar-refractivity contribution in [3.8, 4) is 6.07 Å². The maximum atomic E-state index is 13.4. The van der Waals surface area contributed by atoms with Gasteiger partial charge in [-0.3, -0.25) is 4.79 Å². The minimum atomic E-state index is -4.60. The molecule has 0 bridgehead atoms.